The van der Waals surface area contributed by atoms with Gasteiger partial charge in [0.2, 0.25) is 0 Å². The average Bonchev–Trinajstić information content (AvgIpc) is 3.41. The van der Waals surface area contributed by atoms with E-state index in [1.54, 1.807) is 22.7 Å². The van der Waals surface area contributed by atoms with Crippen LogP contribution in [0.15, 0.2) is 30.3 Å². The standard InChI is InChI=1S/C15H19N3S.C10H17N3S.4BrH/c16-12-6-7-13-14(10-12)19-15(18-13)17-9-8-11-4-2-1-3-5-11;1-2-5-12-10-13-8-4-3-7(11)6-9(8)14-10;;;;/h1-5,12H,6-10,16H2,(H,17,18);7H,2-6,11H2,1H3,(H,12,13);4*1H. The van der Waals surface area contributed by atoms with E-state index in [1.807, 2.05) is 0 Å². The van der Waals surface area contributed by atoms with Gasteiger partial charge in [0, 0.05) is 34.9 Å². The Bertz CT molecular complexity index is 1020. The van der Waals surface area contributed by atoms with Gasteiger partial charge in [-0.2, -0.15) is 0 Å². The van der Waals surface area contributed by atoms with E-state index in [-0.39, 0.29) is 67.9 Å². The Balaban J connectivity index is 0.000000655. The van der Waals surface area contributed by atoms with Gasteiger partial charge >= 0.3 is 0 Å². The fourth-order valence-electron chi connectivity index (χ4n) is 4.14. The topological polar surface area (TPSA) is 102 Å². The molecular formula is C25H40Br4N6S2. The largest absolute Gasteiger partial charge is 0.362 e. The van der Waals surface area contributed by atoms with Gasteiger partial charge in [0.1, 0.15) is 0 Å². The van der Waals surface area contributed by atoms with Crippen molar-refractivity contribution in [3.05, 3.63) is 57.0 Å². The summed E-state index contributed by atoms with van der Waals surface area (Å²) in [5.74, 6) is 0. The number of hydrogen-bond acceptors (Lipinski definition) is 8. The van der Waals surface area contributed by atoms with Crippen molar-refractivity contribution >= 4 is 101 Å². The first kappa shape index (κ1) is 36.9. The lowest BCUT2D eigenvalue weighted by Gasteiger charge is -2.15. The zero-order chi connectivity index (χ0) is 23.0. The Hall–Kier alpha value is -0.0800. The van der Waals surface area contributed by atoms with Gasteiger partial charge in [-0.1, -0.05) is 37.3 Å². The number of benzene rings is 1. The molecule has 2 aliphatic rings. The minimum absolute atomic E-state index is 0. The number of rotatable bonds is 7. The highest BCUT2D eigenvalue weighted by Gasteiger charge is 2.20. The third-order valence-electron chi connectivity index (χ3n) is 6.01. The average molecular weight is 808 g/mol. The zero-order valence-electron chi connectivity index (χ0n) is 21.1. The summed E-state index contributed by atoms with van der Waals surface area (Å²) in [6, 6.07) is 11.2. The van der Waals surface area contributed by atoms with Crippen molar-refractivity contribution in [1.82, 2.24) is 9.97 Å². The number of aromatic nitrogens is 2. The summed E-state index contributed by atoms with van der Waals surface area (Å²) >= 11 is 3.55. The van der Waals surface area contributed by atoms with Crippen molar-refractivity contribution in [3.63, 3.8) is 0 Å². The van der Waals surface area contributed by atoms with Gasteiger partial charge in [0.25, 0.3) is 0 Å². The monoisotopic (exact) mass is 804 g/mol. The van der Waals surface area contributed by atoms with Crippen molar-refractivity contribution in [2.24, 2.45) is 11.5 Å². The third-order valence-corrected chi connectivity index (χ3v) is 8.17. The second-order valence-electron chi connectivity index (χ2n) is 8.87. The number of hydrogen-bond donors (Lipinski definition) is 4. The van der Waals surface area contributed by atoms with Crippen LogP contribution in [0.4, 0.5) is 10.3 Å². The molecule has 0 amide bonds. The van der Waals surface area contributed by atoms with Crippen LogP contribution in [0, 0.1) is 0 Å². The Labute approximate surface area is 271 Å². The minimum Gasteiger partial charge on any atom is -0.362 e. The normalized spacial score (nSPS) is 17.1. The second-order valence-corrected chi connectivity index (χ2v) is 11.0. The van der Waals surface area contributed by atoms with Gasteiger partial charge < -0.3 is 22.1 Å². The lowest BCUT2D eigenvalue weighted by atomic mass is 9.99. The summed E-state index contributed by atoms with van der Waals surface area (Å²) in [5, 5.41) is 8.89. The Morgan fingerprint density at radius 3 is 1.76 bits per heavy atom. The van der Waals surface area contributed by atoms with Crippen molar-refractivity contribution in [1.29, 1.82) is 0 Å². The number of nitrogens with two attached hydrogens (primary N) is 2. The van der Waals surface area contributed by atoms with Gasteiger partial charge in [-0.05, 0) is 56.9 Å². The molecule has 2 aliphatic carbocycles. The Morgan fingerprint density at radius 1 is 0.784 bits per heavy atom. The van der Waals surface area contributed by atoms with Crippen molar-refractivity contribution < 1.29 is 0 Å². The van der Waals surface area contributed by atoms with E-state index in [2.05, 4.69) is 57.9 Å². The van der Waals surface area contributed by atoms with Crippen LogP contribution in [0.5, 0.6) is 0 Å². The summed E-state index contributed by atoms with van der Waals surface area (Å²) in [7, 11) is 0. The number of aryl methyl sites for hydroxylation is 2. The van der Waals surface area contributed by atoms with Crippen molar-refractivity contribution in [3.8, 4) is 0 Å². The predicted octanol–water partition coefficient (Wildman–Crippen LogP) is 6.71. The summed E-state index contributed by atoms with van der Waals surface area (Å²) in [4.78, 5) is 12.0. The van der Waals surface area contributed by atoms with E-state index >= 15 is 0 Å². The number of anilines is 2. The zero-order valence-corrected chi connectivity index (χ0v) is 29.6. The summed E-state index contributed by atoms with van der Waals surface area (Å²) in [6.07, 6.45) is 8.43. The number of fused-ring (bicyclic) bond motifs is 2. The molecule has 3 aromatic rings. The van der Waals surface area contributed by atoms with Crippen LogP contribution in [0.3, 0.4) is 0 Å². The molecule has 0 radical (unpaired) electrons. The van der Waals surface area contributed by atoms with Gasteiger partial charge in [-0.25, -0.2) is 9.97 Å². The van der Waals surface area contributed by atoms with Crippen molar-refractivity contribution in [2.75, 3.05) is 23.7 Å². The second kappa shape index (κ2) is 19.1. The molecule has 2 aromatic heterocycles. The molecule has 2 unspecified atom stereocenters. The molecule has 0 fully saturated rings. The molecule has 37 heavy (non-hydrogen) atoms. The van der Waals surface area contributed by atoms with E-state index in [0.717, 1.165) is 74.7 Å². The van der Waals surface area contributed by atoms with E-state index < -0.39 is 0 Å². The molecule has 5 rings (SSSR count). The Kier molecular flexibility index (Phi) is 19.0. The highest BCUT2D eigenvalue weighted by Crippen LogP contribution is 2.30. The third kappa shape index (κ3) is 11.5. The first-order valence-electron chi connectivity index (χ1n) is 12.1. The van der Waals surface area contributed by atoms with Crippen LogP contribution in [0.25, 0.3) is 0 Å². The fourth-order valence-corrected chi connectivity index (χ4v) is 6.40. The van der Waals surface area contributed by atoms with Crippen LogP contribution >= 0.6 is 90.6 Å². The molecule has 0 saturated heterocycles. The molecular weight excluding hydrogens is 768 g/mol. The van der Waals surface area contributed by atoms with Crippen LogP contribution < -0.4 is 22.1 Å². The molecule has 0 spiro atoms. The molecule has 210 valence electrons. The van der Waals surface area contributed by atoms with Gasteiger partial charge in [0.15, 0.2) is 10.3 Å². The first-order chi connectivity index (χ1) is 16.1. The van der Waals surface area contributed by atoms with Crippen molar-refractivity contribution in [2.45, 2.75) is 70.4 Å². The van der Waals surface area contributed by atoms with E-state index in [0.29, 0.717) is 12.1 Å². The van der Waals surface area contributed by atoms with Gasteiger partial charge in [-0.3, -0.25) is 0 Å². The maximum absolute atomic E-state index is 5.99. The molecule has 12 heteroatoms. The molecule has 1 aromatic carbocycles. The number of halogens is 4. The Morgan fingerprint density at radius 2 is 1.27 bits per heavy atom. The van der Waals surface area contributed by atoms with Gasteiger partial charge in [0.05, 0.1) is 11.4 Å². The number of thiazole rings is 2. The quantitative estimate of drug-likeness (QED) is 0.212. The summed E-state index contributed by atoms with van der Waals surface area (Å²) in [5.41, 5.74) is 15.8. The lowest BCUT2D eigenvalue weighted by Crippen LogP contribution is -2.27. The number of nitrogens with one attached hydrogen (secondary N) is 2. The molecule has 2 heterocycles. The predicted molar refractivity (Wildman–Crippen MR) is 183 cm³/mol. The lowest BCUT2D eigenvalue weighted by molar-refractivity contribution is 0.576. The molecule has 0 saturated carbocycles. The molecule has 0 aliphatic heterocycles. The van der Waals surface area contributed by atoms with E-state index in [9.17, 15) is 0 Å². The highest BCUT2D eigenvalue weighted by atomic mass is 79.9. The highest BCUT2D eigenvalue weighted by molar-refractivity contribution is 8.93. The van der Waals surface area contributed by atoms with Crippen LogP contribution in [0.1, 0.15) is 52.9 Å². The molecule has 6 nitrogen and oxygen atoms in total. The smallest absolute Gasteiger partial charge is 0.183 e. The van der Waals surface area contributed by atoms with Crippen LogP contribution in [-0.2, 0) is 32.1 Å². The van der Waals surface area contributed by atoms with Crippen LogP contribution in [0.2, 0.25) is 0 Å². The van der Waals surface area contributed by atoms with Gasteiger partial charge in [-0.15, -0.1) is 90.6 Å². The van der Waals surface area contributed by atoms with Crippen LogP contribution in [-0.4, -0.2) is 35.1 Å². The molecule has 6 N–H and O–H groups in total. The number of nitrogens with zero attached hydrogens (tertiary/aromatic N) is 2. The van der Waals surface area contributed by atoms with E-state index in [1.165, 1.54) is 26.7 Å². The summed E-state index contributed by atoms with van der Waals surface area (Å²) in [6.45, 7) is 4.11. The first-order valence-corrected chi connectivity index (χ1v) is 13.7. The fraction of sp³-hybridized carbons (Fsp3) is 0.520. The maximum Gasteiger partial charge on any atom is 0.183 e. The summed E-state index contributed by atoms with van der Waals surface area (Å²) < 4.78 is 0. The molecule has 0 bridgehead atoms. The maximum atomic E-state index is 5.99. The minimum atomic E-state index is 0. The van der Waals surface area contributed by atoms with E-state index in [4.69, 9.17) is 11.5 Å². The SMILES string of the molecule is Br.Br.Br.Br.CCCNc1nc2c(s1)CC(N)CC2.NC1CCc2nc(NCCc3ccccc3)sc2C1. The molecule has 2 atom stereocenters.